The molecule has 100 valence electrons. The highest BCUT2D eigenvalue weighted by atomic mass is 35.5. The summed E-state index contributed by atoms with van der Waals surface area (Å²) in [5.74, 6) is -0.730. The third-order valence-corrected chi connectivity index (χ3v) is 2.96. The van der Waals surface area contributed by atoms with Crippen molar-refractivity contribution in [2.24, 2.45) is 0 Å². The van der Waals surface area contributed by atoms with E-state index in [4.69, 9.17) is 25.9 Å². The lowest BCUT2D eigenvalue weighted by molar-refractivity contribution is 0.0687. The normalized spacial score (nSPS) is 12.2. The molecule has 2 aromatic rings. The molecule has 0 radical (unpaired) electrons. The number of furan rings is 1. The van der Waals surface area contributed by atoms with E-state index in [1.807, 2.05) is 0 Å². The van der Waals surface area contributed by atoms with Gasteiger partial charge in [0.1, 0.15) is 17.4 Å². The highest BCUT2D eigenvalue weighted by Gasteiger charge is 2.22. The predicted molar refractivity (Wildman–Crippen MR) is 67.7 cm³/mol. The number of carbonyl (C=O) groups is 1. The van der Waals surface area contributed by atoms with Gasteiger partial charge in [0.25, 0.3) is 0 Å². The summed E-state index contributed by atoms with van der Waals surface area (Å²) in [6.45, 7) is 0. The van der Waals surface area contributed by atoms with Crippen molar-refractivity contribution in [3.8, 4) is 5.75 Å². The van der Waals surface area contributed by atoms with Crippen LogP contribution in [0.15, 0.2) is 34.9 Å². The lowest BCUT2D eigenvalue weighted by Gasteiger charge is -2.11. The molecule has 1 aromatic heterocycles. The smallest absolute Gasteiger partial charge is 0.339 e. The minimum atomic E-state index is -1.20. The molecule has 0 spiro atoms. The summed E-state index contributed by atoms with van der Waals surface area (Å²) < 4.78 is 10.0. The molecule has 0 saturated carbocycles. The zero-order chi connectivity index (χ0) is 14.0. The minimum Gasteiger partial charge on any atom is -0.495 e. The molecule has 0 aliphatic heterocycles. The van der Waals surface area contributed by atoms with Crippen LogP contribution in [0.2, 0.25) is 5.02 Å². The lowest BCUT2D eigenvalue weighted by Crippen LogP contribution is -2.05. The second-order valence-corrected chi connectivity index (χ2v) is 4.21. The molecule has 2 N–H and O–H groups in total. The summed E-state index contributed by atoms with van der Waals surface area (Å²) in [6, 6.07) is 5.96. The number of aliphatic hydroxyl groups excluding tert-OH is 1. The molecule has 1 unspecified atom stereocenters. The number of hydrogen-bond acceptors (Lipinski definition) is 4. The van der Waals surface area contributed by atoms with Gasteiger partial charge in [-0.05, 0) is 23.8 Å². The zero-order valence-corrected chi connectivity index (χ0v) is 10.7. The van der Waals surface area contributed by atoms with E-state index in [2.05, 4.69) is 0 Å². The Morgan fingerprint density at radius 3 is 2.74 bits per heavy atom. The first-order valence-electron chi connectivity index (χ1n) is 5.36. The Bertz CT molecular complexity index is 605. The quantitative estimate of drug-likeness (QED) is 0.901. The molecule has 2 rings (SSSR count). The van der Waals surface area contributed by atoms with Gasteiger partial charge in [-0.2, -0.15) is 0 Å². The number of halogens is 1. The van der Waals surface area contributed by atoms with Crippen LogP contribution in [0.5, 0.6) is 5.75 Å². The van der Waals surface area contributed by atoms with Gasteiger partial charge < -0.3 is 19.4 Å². The van der Waals surface area contributed by atoms with Gasteiger partial charge in [-0.3, -0.25) is 0 Å². The number of carboxylic acid groups (broad SMARTS) is 1. The first kappa shape index (κ1) is 13.5. The van der Waals surface area contributed by atoms with Crippen molar-refractivity contribution in [3.63, 3.8) is 0 Å². The van der Waals surface area contributed by atoms with Gasteiger partial charge in [-0.15, -0.1) is 0 Å². The van der Waals surface area contributed by atoms with Crippen LogP contribution in [0.1, 0.15) is 27.8 Å². The Morgan fingerprint density at radius 1 is 1.42 bits per heavy atom. The highest BCUT2D eigenvalue weighted by Crippen LogP contribution is 2.31. The van der Waals surface area contributed by atoms with E-state index in [1.54, 1.807) is 12.1 Å². The average Bonchev–Trinajstić information content (AvgIpc) is 2.87. The van der Waals surface area contributed by atoms with E-state index < -0.39 is 12.1 Å². The van der Waals surface area contributed by atoms with Crippen molar-refractivity contribution in [1.82, 2.24) is 0 Å². The fourth-order valence-electron chi connectivity index (χ4n) is 1.71. The monoisotopic (exact) mass is 282 g/mol. The van der Waals surface area contributed by atoms with Crippen LogP contribution in [0, 0.1) is 0 Å². The molecule has 19 heavy (non-hydrogen) atoms. The number of ether oxygens (including phenoxy) is 1. The van der Waals surface area contributed by atoms with Crippen LogP contribution in [0.4, 0.5) is 0 Å². The van der Waals surface area contributed by atoms with Gasteiger partial charge >= 0.3 is 5.97 Å². The third kappa shape index (κ3) is 2.57. The second kappa shape index (κ2) is 5.34. The number of benzene rings is 1. The number of methoxy groups -OCH3 is 1. The predicted octanol–water partition coefficient (Wildman–Crippen LogP) is 2.72. The van der Waals surface area contributed by atoms with Crippen molar-refractivity contribution in [3.05, 3.63) is 52.4 Å². The third-order valence-electron chi connectivity index (χ3n) is 2.67. The molecule has 5 nitrogen and oxygen atoms in total. The Kier molecular flexibility index (Phi) is 3.78. The lowest BCUT2D eigenvalue weighted by atomic mass is 10.0. The highest BCUT2D eigenvalue weighted by molar-refractivity contribution is 6.32. The van der Waals surface area contributed by atoms with Gasteiger partial charge in [-0.1, -0.05) is 17.7 Å². The molecule has 0 fully saturated rings. The molecule has 1 aromatic carbocycles. The van der Waals surface area contributed by atoms with Crippen LogP contribution in [0.25, 0.3) is 0 Å². The first-order valence-corrected chi connectivity index (χ1v) is 5.74. The summed E-state index contributed by atoms with van der Waals surface area (Å²) in [5.41, 5.74) is 0.336. The number of carboxylic acids is 1. The van der Waals surface area contributed by atoms with Crippen molar-refractivity contribution in [2.45, 2.75) is 6.10 Å². The summed E-state index contributed by atoms with van der Waals surface area (Å²) in [5, 5.41) is 19.4. The maximum absolute atomic E-state index is 11.0. The number of hydrogen-bond donors (Lipinski definition) is 2. The fraction of sp³-hybridized carbons (Fsp3) is 0.154. The second-order valence-electron chi connectivity index (χ2n) is 3.80. The molecule has 6 heteroatoms. The topological polar surface area (TPSA) is 79.9 Å². The Hall–Kier alpha value is -1.98. The molecule has 0 saturated heterocycles. The van der Waals surface area contributed by atoms with E-state index in [0.717, 1.165) is 0 Å². The van der Waals surface area contributed by atoms with Crippen molar-refractivity contribution < 1.29 is 24.2 Å². The zero-order valence-electron chi connectivity index (χ0n) is 9.96. The molecule has 0 amide bonds. The van der Waals surface area contributed by atoms with Crippen molar-refractivity contribution in [1.29, 1.82) is 0 Å². The molecular weight excluding hydrogens is 272 g/mol. The SMILES string of the molecule is COc1ccc(C(O)c2occc2C(=O)O)cc1Cl. The van der Waals surface area contributed by atoms with Crippen LogP contribution in [0.3, 0.4) is 0 Å². The molecule has 1 atom stereocenters. The maximum atomic E-state index is 11.0. The first-order chi connectivity index (χ1) is 9.04. The number of aromatic carboxylic acids is 1. The van der Waals surface area contributed by atoms with Gasteiger partial charge in [-0.25, -0.2) is 4.79 Å². The van der Waals surface area contributed by atoms with Crippen LogP contribution in [-0.2, 0) is 0 Å². The van der Waals surface area contributed by atoms with Crippen molar-refractivity contribution >= 4 is 17.6 Å². The van der Waals surface area contributed by atoms with E-state index in [-0.39, 0.29) is 11.3 Å². The summed E-state index contributed by atoms with van der Waals surface area (Å²) in [4.78, 5) is 11.0. The standard InChI is InChI=1S/C13H11ClO5/c1-18-10-3-2-7(6-9(10)14)11(15)12-8(13(16)17)4-5-19-12/h2-6,11,15H,1H3,(H,16,17). The summed E-state index contributed by atoms with van der Waals surface area (Å²) in [7, 11) is 1.48. The van der Waals surface area contributed by atoms with Crippen LogP contribution >= 0.6 is 11.6 Å². The Balaban J connectivity index is 2.38. The minimum absolute atomic E-state index is 0.0336. The average molecular weight is 283 g/mol. The van der Waals surface area contributed by atoms with Crippen LogP contribution in [-0.4, -0.2) is 23.3 Å². The van der Waals surface area contributed by atoms with E-state index in [0.29, 0.717) is 16.3 Å². The fourth-order valence-corrected chi connectivity index (χ4v) is 1.98. The van der Waals surface area contributed by atoms with Crippen molar-refractivity contribution in [2.75, 3.05) is 7.11 Å². The Labute approximate surface area is 114 Å². The number of rotatable bonds is 4. The molecule has 1 heterocycles. The molecule has 0 bridgehead atoms. The van der Waals surface area contributed by atoms with Gasteiger partial charge in [0, 0.05) is 0 Å². The summed E-state index contributed by atoms with van der Waals surface area (Å²) >= 11 is 5.95. The van der Waals surface area contributed by atoms with Crippen LogP contribution < -0.4 is 4.74 Å². The van der Waals surface area contributed by atoms with E-state index in [9.17, 15) is 9.90 Å². The Morgan fingerprint density at radius 2 is 2.16 bits per heavy atom. The van der Waals surface area contributed by atoms with E-state index in [1.165, 1.54) is 25.5 Å². The van der Waals surface area contributed by atoms with Gasteiger partial charge in [0.05, 0.1) is 18.4 Å². The molecule has 0 aliphatic rings. The number of aliphatic hydroxyl groups is 1. The van der Waals surface area contributed by atoms with Gasteiger partial charge in [0.15, 0.2) is 5.76 Å². The van der Waals surface area contributed by atoms with Gasteiger partial charge in [0.2, 0.25) is 0 Å². The molecular formula is C13H11ClO5. The largest absolute Gasteiger partial charge is 0.495 e. The van der Waals surface area contributed by atoms with E-state index >= 15 is 0 Å². The molecule has 0 aliphatic carbocycles. The maximum Gasteiger partial charge on any atom is 0.339 e. The summed E-state index contributed by atoms with van der Waals surface area (Å²) in [6.07, 6.45) is 0.0113.